The monoisotopic (exact) mass is 505 g/mol. The van der Waals surface area contributed by atoms with E-state index in [-0.39, 0.29) is 12.7 Å². The average molecular weight is 506 g/mol. The lowest BCUT2D eigenvalue weighted by molar-refractivity contribution is -0.151. The van der Waals surface area contributed by atoms with Crippen molar-refractivity contribution in [1.82, 2.24) is 0 Å². The molecule has 0 bridgehead atoms. The molecule has 0 heterocycles. The van der Waals surface area contributed by atoms with Gasteiger partial charge in [0.05, 0.1) is 13.2 Å². The lowest BCUT2D eigenvalue weighted by Crippen LogP contribution is -2.33. The maximum atomic E-state index is 11.7. The molecule has 208 valence electrons. The molecule has 36 heavy (non-hydrogen) atoms. The number of hydrogen-bond acceptors (Lipinski definition) is 5. The fraction of sp³-hybridized carbons (Fsp3) is 0.774. The van der Waals surface area contributed by atoms with E-state index in [1.165, 1.54) is 96.3 Å². The Morgan fingerprint density at radius 1 is 0.750 bits per heavy atom. The smallest absolute Gasteiger partial charge is 0.322 e. The van der Waals surface area contributed by atoms with E-state index in [1.54, 1.807) is 6.92 Å². The van der Waals surface area contributed by atoms with Crippen molar-refractivity contribution in [3.8, 4) is 0 Å². The molecule has 0 aliphatic carbocycles. The molecule has 2 atom stereocenters. The van der Waals surface area contributed by atoms with Crippen molar-refractivity contribution in [2.45, 2.75) is 135 Å². The van der Waals surface area contributed by atoms with Gasteiger partial charge in [-0.15, -0.1) is 0 Å². The third kappa shape index (κ3) is 19.7. The molecule has 1 aromatic carbocycles. The van der Waals surface area contributed by atoms with Crippen molar-refractivity contribution < 1.29 is 19.0 Å². The Morgan fingerprint density at radius 2 is 1.25 bits per heavy atom. The Balaban J connectivity index is 1.99. The Hall–Kier alpha value is -1.43. The molecule has 0 saturated carbocycles. The summed E-state index contributed by atoms with van der Waals surface area (Å²) in [7, 11) is 0. The van der Waals surface area contributed by atoms with Crippen molar-refractivity contribution in [2.75, 3.05) is 19.8 Å². The van der Waals surface area contributed by atoms with Gasteiger partial charge in [-0.3, -0.25) is 4.79 Å². The minimum atomic E-state index is -0.634. The van der Waals surface area contributed by atoms with Gasteiger partial charge in [-0.05, 0) is 18.9 Å². The van der Waals surface area contributed by atoms with Crippen molar-refractivity contribution in [1.29, 1.82) is 0 Å². The van der Waals surface area contributed by atoms with E-state index >= 15 is 0 Å². The Labute approximate surface area is 221 Å². The van der Waals surface area contributed by atoms with E-state index in [1.807, 2.05) is 30.3 Å². The highest BCUT2D eigenvalue weighted by Crippen LogP contribution is 2.14. The van der Waals surface area contributed by atoms with Crippen LogP contribution in [0.15, 0.2) is 30.3 Å². The normalized spacial score (nSPS) is 13.0. The molecule has 2 N–H and O–H groups in total. The zero-order valence-electron chi connectivity index (χ0n) is 23.4. The number of hydrogen-bond donors (Lipinski definition) is 1. The number of unbranched alkanes of at least 4 members (excludes halogenated alkanes) is 15. The summed E-state index contributed by atoms with van der Waals surface area (Å²) in [6.45, 7) is 5.65. The van der Waals surface area contributed by atoms with Crippen LogP contribution in [-0.2, 0) is 25.6 Å². The molecule has 5 heteroatoms. The Morgan fingerprint density at radius 3 is 1.75 bits per heavy atom. The molecular formula is C31H55NO4. The Kier molecular flexibility index (Phi) is 21.7. The van der Waals surface area contributed by atoms with Crippen molar-refractivity contribution in [3.05, 3.63) is 35.9 Å². The first-order valence-electron chi connectivity index (χ1n) is 14.8. The van der Waals surface area contributed by atoms with Crippen LogP contribution in [0.2, 0.25) is 0 Å². The van der Waals surface area contributed by atoms with E-state index in [9.17, 15) is 4.79 Å². The number of ether oxygens (including phenoxy) is 3. The van der Waals surface area contributed by atoms with E-state index in [2.05, 4.69) is 6.92 Å². The van der Waals surface area contributed by atoms with Gasteiger partial charge in [-0.2, -0.15) is 0 Å². The molecule has 0 aliphatic heterocycles. The quantitative estimate of drug-likeness (QED) is 0.109. The van der Waals surface area contributed by atoms with Crippen LogP contribution in [0, 0.1) is 0 Å². The van der Waals surface area contributed by atoms with E-state index in [0.29, 0.717) is 19.8 Å². The molecule has 5 nitrogen and oxygen atoms in total. The number of nitrogens with two attached hydrogens (primary N) is 1. The van der Waals surface area contributed by atoms with Crippen LogP contribution in [0.4, 0.5) is 0 Å². The second-order valence-electron chi connectivity index (χ2n) is 10.2. The van der Waals surface area contributed by atoms with Gasteiger partial charge in [0.2, 0.25) is 0 Å². The first-order chi connectivity index (χ1) is 17.6. The molecule has 0 aromatic heterocycles. The van der Waals surface area contributed by atoms with Gasteiger partial charge in [-0.1, -0.05) is 134 Å². The van der Waals surface area contributed by atoms with Crippen LogP contribution in [0.5, 0.6) is 0 Å². The van der Waals surface area contributed by atoms with Crippen LogP contribution >= 0.6 is 0 Å². The molecule has 0 fully saturated rings. The lowest BCUT2D eigenvalue weighted by Gasteiger charge is -2.19. The van der Waals surface area contributed by atoms with Crippen molar-refractivity contribution in [3.63, 3.8) is 0 Å². The van der Waals surface area contributed by atoms with E-state index in [0.717, 1.165) is 12.0 Å². The summed E-state index contributed by atoms with van der Waals surface area (Å²) in [5, 5.41) is 0. The van der Waals surface area contributed by atoms with Gasteiger partial charge in [0.15, 0.2) is 0 Å². The predicted octanol–water partition coefficient (Wildman–Crippen LogP) is 7.74. The number of rotatable bonds is 25. The average Bonchev–Trinajstić information content (AvgIpc) is 2.89. The van der Waals surface area contributed by atoms with Crippen LogP contribution in [0.25, 0.3) is 0 Å². The maximum Gasteiger partial charge on any atom is 0.322 e. The highest BCUT2D eigenvalue weighted by molar-refractivity contribution is 5.74. The number of benzene rings is 1. The third-order valence-corrected chi connectivity index (χ3v) is 6.56. The van der Waals surface area contributed by atoms with Gasteiger partial charge in [-0.25, -0.2) is 0 Å². The molecule has 0 aliphatic rings. The summed E-state index contributed by atoms with van der Waals surface area (Å²) in [6.07, 6.45) is 21.5. The van der Waals surface area contributed by atoms with E-state index < -0.39 is 12.0 Å². The summed E-state index contributed by atoms with van der Waals surface area (Å²) in [4.78, 5) is 11.7. The first kappa shape index (κ1) is 32.6. The fourth-order valence-corrected chi connectivity index (χ4v) is 4.21. The van der Waals surface area contributed by atoms with Gasteiger partial charge >= 0.3 is 5.97 Å². The van der Waals surface area contributed by atoms with Gasteiger partial charge in [0, 0.05) is 6.61 Å². The zero-order valence-corrected chi connectivity index (χ0v) is 23.4. The first-order valence-corrected chi connectivity index (χ1v) is 14.8. The van der Waals surface area contributed by atoms with Gasteiger partial charge < -0.3 is 19.9 Å². The van der Waals surface area contributed by atoms with E-state index in [4.69, 9.17) is 19.9 Å². The summed E-state index contributed by atoms with van der Waals surface area (Å²) in [5.74, 6) is -0.416. The summed E-state index contributed by atoms with van der Waals surface area (Å²) in [6, 6.07) is 9.35. The van der Waals surface area contributed by atoms with Crippen LogP contribution in [0.1, 0.15) is 122 Å². The summed E-state index contributed by atoms with van der Waals surface area (Å²) < 4.78 is 17.1. The second kappa shape index (κ2) is 23.9. The third-order valence-electron chi connectivity index (χ3n) is 6.56. The van der Waals surface area contributed by atoms with Crippen LogP contribution in [0.3, 0.4) is 0 Å². The molecular weight excluding hydrogens is 450 g/mol. The highest BCUT2D eigenvalue weighted by Gasteiger charge is 2.15. The minimum Gasteiger partial charge on any atom is -0.462 e. The predicted molar refractivity (Wildman–Crippen MR) is 150 cm³/mol. The zero-order chi connectivity index (χ0) is 26.1. The molecule has 1 rings (SSSR count). The molecule has 0 radical (unpaired) electrons. The van der Waals surface area contributed by atoms with Crippen molar-refractivity contribution in [2.24, 2.45) is 5.73 Å². The van der Waals surface area contributed by atoms with Crippen molar-refractivity contribution >= 4 is 5.97 Å². The molecule has 0 amide bonds. The standard InChI is InChI=1S/C31H55NO4/c1-3-4-5-6-7-8-9-10-11-12-13-14-15-16-17-21-24-34-26-30(27-36-31(33)28(2)32)35-25-29-22-19-18-20-23-29/h18-20,22-23,28,30H,3-17,21,24-27,32H2,1-2H3/t28?,30-/m1/s1. The molecule has 1 aromatic rings. The fourth-order valence-electron chi connectivity index (χ4n) is 4.21. The maximum absolute atomic E-state index is 11.7. The summed E-state index contributed by atoms with van der Waals surface area (Å²) >= 11 is 0. The lowest BCUT2D eigenvalue weighted by atomic mass is 10.0. The summed E-state index contributed by atoms with van der Waals surface area (Å²) in [5.41, 5.74) is 6.67. The topological polar surface area (TPSA) is 70.8 Å². The number of carbonyl (C=O) groups is 1. The van der Waals surface area contributed by atoms with Crippen LogP contribution in [-0.4, -0.2) is 37.9 Å². The second-order valence-corrected chi connectivity index (χ2v) is 10.2. The highest BCUT2D eigenvalue weighted by atomic mass is 16.6. The molecule has 0 saturated heterocycles. The van der Waals surface area contributed by atoms with Gasteiger partial charge in [0.1, 0.15) is 18.8 Å². The van der Waals surface area contributed by atoms with Gasteiger partial charge in [0.25, 0.3) is 0 Å². The largest absolute Gasteiger partial charge is 0.462 e. The SMILES string of the molecule is CCCCCCCCCCCCCCCCCCOC[C@H](COC(=O)C(C)N)OCc1ccccc1. The Bertz CT molecular complexity index is 608. The number of carbonyl (C=O) groups excluding carboxylic acids is 1. The molecule has 1 unspecified atom stereocenters. The molecule has 0 spiro atoms. The minimum absolute atomic E-state index is 0.159. The number of esters is 1. The van der Waals surface area contributed by atoms with Crippen LogP contribution < -0.4 is 5.73 Å².